The Bertz CT molecular complexity index is 770. The molecule has 0 radical (unpaired) electrons. The van der Waals surface area contributed by atoms with Gasteiger partial charge in [-0.2, -0.15) is 4.98 Å². The van der Waals surface area contributed by atoms with Crippen LogP contribution < -0.4 is 4.74 Å². The van der Waals surface area contributed by atoms with Crippen LogP contribution in [0.3, 0.4) is 0 Å². The maximum Gasteiger partial charge on any atom is 0.230 e. The van der Waals surface area contributed by atoms with Crippen LogP contribution in [0.2, 0.25) is 0 Å². The molecule has 0 amide bonds. The Morgan fingerprint density at radius 1 is 1.18 bits per heavy atom. The first kappa shape index (κ1) is 12.9. The maximum absolute atomic E-state index is 5.41. The van der Waals surface area contributed by atoms with Crippen molar-refractivity contribution < 1.29 is 9.26 Å². The third-order valence-electron chi connectivity index (χ3n) is 3.87. The molecule has 6 heteroatoms. The molecular weight excluding hydrogens is 280 g/mol. The highest BCUT2D eigenvalue weighted by molar-refractivity contribution is 5.53. The van der Waals surface area contributed by atoms with E-state index < -0.39 is 0 Å². The van der Waals surface area contributed by atoms with Gasteiger partial charge >= 0.3 is 0 Å². The van der Waals surface area contributed by atoms with Gasteiger partial charge in [0.2, 0.25) is 17.6 Å². The molecule has 2 atom stereocenters. The van der Waals surface area contributed by atoms with E-state index in [0.29, 0.717) is 23.5 Å². The highest BCUT2D eigenvalue weighted by Gasteiger charge is 2.43. The molecular formula is C16H14N4O2. The predicted octanol–water partition coefficient (Wildman–Crippen LogP) is 2.81. The Kier molecular flexibility index (Phi) is 3.07. The van der Waals surface area contributed by atoms with E-state index in [2.05, 4.69) is 26.2 Å². The first-order chi connectivity index (χ1) is 10.8. The average molecular weight is 294 g/mol. The molecule has 3 heterocycles. The van der Waals surface area contributed by atoms with Gasteiger partial charge in [0, 0.05) is 36.1 Å². The van der Waals surface area contributed by atoms with Gasteiger partial charge in [-0.05, 0) is 30.0 Å². The fraction of sp³-hybridized carbons (Fsp3) is 0.250. The molecule has 0 saturated heterocycles. The quantitative estimate of drug-likeness (QED) is 0.736. The Balaban J connectivity index is 1.53. The molecule has 0 N–H and O–H groups in total. The van der Waals surface area contributed by atoms with Gasteiger partial charge in [-0.3, -0.25) is 4.98 Å². The summed E-state index contributed by atoms with van der Waals surface area (Å²) in [6.45, 7) is 0. The van der Waals surface area contributed by atoms with Crippen LogP contribution in [0.15, 0.2) is 47.4 Å². The van der Waals surface area contributed by atoms with Crippen LogP contribution in [0, 0.1) is 0 Å². The Labute approximate surface area is 127 Å². The summed E-state index contributed by atoms with van der Waals surface area (Å²) in [6.07, 6.45) is 6.38. The fourth-order valence-corrected chi connectivity index (χ4v) is 2.57. The summed E-state index contributed by atoms with van der Waals surface area (Å²) in [4.78, 5) is 12.8. The van der Waals surface area contributed by atoms with E-state index in [9.17, 15) is 0 Å². The first-order valence-corrected chi connectivity index (χ1v) is 7.09. The molecule has 3 aromatic rings. The minimum absolute atomic E-state index is 0.289. The molecule has 110 valence electrons. The van der Waals surface area contributed by atoms with Gasteiger partial charge in [0.15, 0.2) is 0 Å². The summed E-state index contributed by atoms with van der Waals surface area (Å²) < 4.78 is 10.5. The van der Waals surface area contributed by atoms with E-state index in [1.807, 2.05) is 18.3 Å². The van der Waals surface area contributed by atoms with Crippen LogP contribution in [-0.4, -0.2) is 27.2 Å². The molecule has 4 rings (SSSR count). The number of methoxy groups -OCH3 is 1. The van der Waals surface area contributed by atoms with Gasteiger partial charge in [0.05, 0.1) is 7.11 Å². The van der Waals surface area contributed by atoms with E-state index in [1.165, 1.54) is 5.56 Å². The monoisotopic (exact) mass is 294 g/mol. The molecule has 6 nitrogen and oxygen atoms in total. The summed E-state index contributed by atoms with van der Waals surface area (Å²) in [6, 6.07) is 7.68. The lowest BCUT2D eigenvalue weighted by molar-refractivity contribution is 0.378. The molecule has 0 aliphatic heterocycles. The minimum Gasteiger partial charge on any atom is -0.481 e. The molecule has 1 aliphatic carbocycles. The van der Waals surface area contributed by atoms with Crippen molar-refractivity contribution in [2.75, 3.05) is 7.11 Å². The number of hydrogen-bond acceptors (Lipinski definition) is 6. The summed E-state index contributed by atoms with van der Waals surface area (Å²) in [5.41, 5.74) is 2.03. The van der Waals surface area contributed by atoms with Crippen LogP contribution in [-0.2, 0) is 0 Å². The van der Waals surface area contributed by atoms with Crippen molar-refractivity contribution in [1.29, 1.82) is 0 Å². The van der Waals surface area contributed by atoms with Crippen molar-refractivity contribution in [3.63, 3.8) is 0 Å². The van der Waals surface area contributed by atoms with E-state index >= 15 is 0 Å². The lowest BCUT2D eigenvalue weighted by Crippen LogP contribution is -1.89. The predicted molar refractivity (Wildman–Crippen MR) is 78.4 cm³/mol. The maximum atomic E-state index is 5.41. The number of rotatable bonds is 4. The van der Waals surface area contributed by atoms with Crippen molar-refractivity contribution in [2.24, 2.45) is 0 Å². The van der Waals surface area contributed by atoms with Gasteiger partial charge in [-0.1, -0.05) is 11.2 Å². The molecule has 1 fully saturated rings. The van der Waals surface area contributed by atoms with Crippen LogP contribution in [0.5, 0.6) is 5.88 Å². The van der Waals surface area contributed by atoms with Crippen LogP contribution in [0.25, 0.3) is 11.4 Å². The SMILES string of the molecule is COc1ccc(-c2noc([C@@H]3C[C@H]3c3cccnc3)n2)cn1. The molecule has 0 bridgehead atoms. The molecule has 3 aromatic heterocycles. The van der Waals surface area contributed by atoms with Crippen LogP contribution in [0.4, 0.5) is 0 Å². The molecule has 0 aromatic carbocycles. The van der Waals surface area contributed by atoms with Crippen molar-refractivity contribution in [2.45, 2.75) is 18.3 Å². The van der Waals surface area contributed by atoms with Gasteiger partial charge in [0.25, 0.3) is 0 Å². The van der Waals surface area contributed by atoms with Crippen LogP contribution >= 0.6 is 0 Å². The summed E-state index contributed by atoms with van der Waals surface area (Å²) in [7, 11) is 1.58. The minimum atomic E-state index is 0.289. The summed E-state index contributed by atoms with van der Waals surface area (Å²) >= 11 is 0. The second-order valence-corrected chi connectivity index (χ2v) is 5.28. The normalized spacial score (nSPS) is 19.9. The largest absolute Gasteiger partial charge is 0.481 e. The topological polar surface area (TPSA) is 73.9 Å². The Morgan fingerprint density at radius 3 is 2.86 bits per heavy atom. The van der Waals surface area contributed by atoms with E-state index in [0.717, 1.165) is 12.0 Å². The zero-order chi connectivity index (χ0) is 14.9. The smallest absolute Gasteiger partial charge is 0.230 e. The van der Waals surface area contributed by atoms with Gasteiger partial charge in [0.1, 0.15) is 0 Å². The van der Waals surface area contributed by atoms with Crippen molar-refractivity contribution >= 4 is 0 Å². The highest BCUT2D eigenvalue weighted by atomic mass is 16.5. The van der Waals surface area contributed by atoms with Crippen molar-refractivity contribution in [1.82, 2.24) is 20.1 Å². The Hall–Kier alpha value is -2.76. The van der Waals surface area contributed by atoms with Crippen LogP contribution in [0.1, 0.15) is 29.7 Å². The van der Waals surface area contributed by atoms with Gasteiger partial charge in [-0.25, -0.2) is 4.98 Å². The van der Waals surface area contributed by atoms with E-state index in [-0.39, 0.29) is 5.92 Å². The van der Waals surface area contributed by atoms with Crippen molar-refractivity contribution in [3.05, 3.63) is 54.3 Å². The number of nitrogens with zero attached hydrogens (tertiary/aromatic N) is 4. The van der Waals surface area contributed by atoms with E-state index in [4.69, 9.17) is 9.26 Å². The molecule has 22 heavy (non-hydrogen) atoms. The number of hydrogen-bond donors (Lipinski definition) is 0. The zero-order valence-electron chi connectivity index (χ0n) is 12.0. The standard InChI is InChI=1S/C16H14N4O2/c1-21-14-5-4-11(9-18-14)15-19-16(22-20-15)13-7-12(13)10-3-2-6-17-8-10/h2-6,8-9,12-13H,7H2,1H3/t12-,13+/m0/s1. The second-order valence-electron chi connectivity index (χ2n) is 5.28. The molecule has 1 aliphatic rings. The third-order valence-corrected chi connectivity index (χ3v) is 3.87. The molecule has 0 spiro atoms. The zero-order valence-corrected chi connectivity index (χ0v) is 12.0. The third kappa shape index (κ3) is 2.32. The number of aromatic nitrogens is 4. The lowest BCUT2D eigenvalue weighted by Gasteiger charge is -1.97. The number of ether oxygens (including phenoxy) is 1. The average Bonchev–Trinajstić information content (AvgIpc) is 3.24. The number of pyridine rings is 2. The van der Waals surface area contributed by atoms with Crippen molar-refractivity contribution in [3.8, 4) is 17.3 Å². The lowest BCUT2D eigenvalue weighted by atomic mass is 10.1. The highest BCUT2D eigenvalue weighted by Crippen LogP contribution is 2.54. The summed E-state index contributed by atoms with van der Waals surface area (Å²) in [5.74, 6) is 2.51. The molecule has 1 saturated carbocycles. The summed E-state index contributed by atoms with van der Waals surface area (Å²) in [5, 5.41) is 4.05. The molecule has 0 unspecified atom stereocenters. The first-order valence-electron chi connectivity index (χ1n) is 7.09. The Morgan fingerprint density at radius 2 is 2.14 bits per heavy atom. The second kappa shape index (κ2) is 5.22. The van der Waals surface area contributed by atoms with Gasteiger partial charge < -0.3 is 9.26 Å². The van der Waals surface area contributed by atoms with Gasteiger partial charge in [-0.15, -0.1) is 0 Å². The fourth-order valence-electron chi connectivity index (χ4n) is 2.57. The van der Waals surface area contributed by atoms with E-state index in [1.54, 1.807) is 25.6 Å².